The number of carbonyl (C=O) groups is 1. The van der Waals surface area contributed by atoms with Gasteiger partial charge in [0.1, 0.15) is 5.69 Å². The third kappa shape index (κ3) is 3.89. The summed E-state index contributed by atoms with van der Waals surface area (Å²) in [6, 6.07) is 10.1. The number of aromatic nitrogens is 2. The van der Waals surface area contributed by atoms with Crippen molar-refractivity contribution in [2.24, 2.45) is 0 Å². The van der Waals surface area contributed by atoms with E-state index in [0.717, 1.165) is 12.0 Å². The van der Waals surface area contributed by atoms with Crippen LogP contribution in [0.5, 0.6) is 5.88 Å². The number of rotatable bonds is 4. The molecule has 1 atom stereocenters. The van der Waals surface area contributed by atoms with E-state index in [0.29, 0.717) is 37.9 Å². The Labute approximate surface area is 141 Å². The number of hydrogen-bond donors (Lipinski definition) is 0. The van der Waals surface area contributed by atoms with Gasteiger partial charge in [0, 0.05) is 13.1 Å². The normalized spacial score (nSPS) is 18.0. The number of benzene rings is 1. The van der Waals surface area contributed by atoms with Crippen molar-refractivity contribution in [3.8, 4) is 5.88 Å². The second-order valence-electron chi connectivity index (χ2n) is 5.52. The minimum absolute atomic E-state index is 0.0235. The number of ether oxygens (including phenoxy) is 2. The third-order valence-corrected chi connectivity index (χ3v) is 3.94. The molecule has 3 rings (SSSR count). The number of carbonyl (C=O) groups excluding carboxylic acids is 1. The molecule has 2 aromatic rings. The second kappa shape index (κ2) is 7.88. The van der Waals surface area contributed by atoms with Gasteiger partial charge in [-0.3, -0.25) is 4.79 Å². The molecule has 1 aromatic heterocycles. The molecule has 0 saturated carbocycles. The van der Waals surface area contributed by atoms with Crippen LogP contribution in [0.15, 0.2) is 42.7 Å². The zero-order valence-corrected chi connectivity index (χ0v) is 13.7. The number of amides is 1. The Hall–Kier alpha value is -2.47. The molecule has 1 unspecified atom stereocenters. The molecule has 2 heterocycles. The lowest BCUT2D eigenvalue weighted by atomic mass is 10.1. The Morgan fingerprint density at radius 2 is 2.08 bits per heavy atom. The van der Waals surface area contributed by atoms with E-state index in [-0.39, 0.29) is 12.0 Å². The van der Waals surface area contributed by atoms with Crippen LogP contribution in [0.1, 0.15) is 35.5 Å². The molecule has 1 aliphatic rings. The Morgan fingerprint density at radius 1 is 1.25 bits per heavy atom. The Kier molecular flexibility index (Phi) is 5.38. The van der Waals surface area contributed by atoms with Gasteiger partial charge in [-0.25, -0.2) is 9.97 Å². The first-order chi connectivity index (χ1) is 11.8. The van der Waals surface area contributed by atoms with Crippen molar-refractivity contribution in [2.75, 3.05) is 26.3 Å². The Morgan fingerprint density at radius 3 is 2.79 bits per heavy atom. The van der Waals surface area contributed by atoms with Crippen molar-refractivity contribution in [3.05, 3.63) is 54.0 Å². The van der Waals surface area contributed by atoms with Gasteiger partial charge in [-0.1, -0.05) is 30.3 Å². The van der Waals surface area contributed by atoms with Crippen LogP contribution in [0.2, 0.25) is 0 Å². The molecule has 1 saturated heterocycles. The zero-order valence-electron chi connectivity index (χ0n) is 13.7. The summed E-state index contributed by atoms with van der Waals surface area (Å²) in [5.41, 5.74) is 1.48. The van der Waals surface area contributed by atoms with Crippen molar-refractivity contribution in [1.29, 1.82) is 0 Å². The summed E-state index contributed by atoms with van der Waals surface area (Å²) in [5.74, 6) is 0.306. The van der Waals surface area contributed by atoms with Gasteiger partial charge < -0.3 is 14.4 Å². The highest BCUT2D eigenvalue weighted by atomic mass is 16.5. The third-order valence-electron chi connectivity index (χ3n) is 3.94. The molecular formula is C18H21N3O3. The average Bonchev–Trinajstić information content (AvgIpc) is 2.89. The topological polar surface area (TPSA) is 64.5 Å². The van der Waals surface area contributed by atoms with Gasteiger partial charge in [-0.05, 0) is 18.9 Å². The van der Waals surface area contributed by atoms with Gasteiger partial charge in [-0.2, -0.15) is 0 Å². The van der Waals surface area contributed by atoms with Crippen LogP contribution in [0.4, 0.5) is 0 Å². The lowest BCUT2D eigenvalue weighted by molar-refractivity contribution is 0.0583. The molecule has 6 nitrogen and oxygen atoms in total. The van der Waals surface area contributed by atoms with E-state index < -0.39 is 0 Å². The summed E-state index contributed by atoms with van der Waals surface area (Å²) in [4.78, 5) is 22.6. The van der Waals surface area contributed by atoms with Gasteiger partial charge in [0.25, 0.3) is 5.91 Å². The van der Waals surface area contributed by atoms with Gasteiger partial charge in [0.05, 0.1) is 31.7 Å². The first-order valence-electron chi connectivity index (χ1n) is 8.18. The van der Waals surface area contributed by atoms with Crippen LogP contribution in [-0.2, 0) is 4.74 Å². The van der Waals surface area contributed by atoms with E-state index in [2.05, 4.69) is 22.1 Å². The molecule has 1 fully saturated rings. The minimum Gasteiger partial charge on any atom is -0.477 e. The highest BCUT2D eigenvalue weighted by Crippen LogP contribution is 2.24. The highest BCUT2D eigenvalue weighted by Gasteiger charge is 2.23. The first kappa shape index (κ1) is 16.4. The summed E-state index contributed by atoms with van der Waals surface area (Å²) in [7, 11) is 0. The monoisotopic (exact) mass is 327 g/mol. The second-order valence-corrected chi connectivity index (χ2v) is 5.52. The van der Waals surface area contributed by atoms with E-state index in [4.69, 9.17) is 9.47 Å². The lowest BCUT2D eigenvalue weighted by Gasteiger charge is -2.19. The predicted molar refractivity (Wildman–Crippen MR) is 88.9 cm³/mol. The van der Waals surface area contributed by atoms with Gasteiger partial charge in [0.2, 0.25) is 5.88 Å². The van der Waals surface area contributed by atoms with Gasteiger partial charge in [0.15, 0.2) is 0 Å². The summed E-state index contributed by atoms with van der Waals surface area (Å²) in [6.07, 6.45) is 3.74. The van der Waals surface area contributed by atoms with Crippen LogP contribution >= 0.6 is 0 Å². The molecule has 1 amide bonds. The number of nitrogens with zero attached hydrogens (tertiary/aromatic N) is 3. The van der Waals surface area contributed by atoms with Crippen LogP contribution in [0, 0.1) is 0 Å². The fourth-order valence-corrected chi connectivity index (χ4v) is 2.72. The molecule has 0 radical (unpaired) electrons. The summed E-state index contributed by atoms with van der Waals surface area (Å²) >= 11 is 0. The average molecular weight is 327 g/mol. The van der Waals surface area contributed by atoms with Crippen LogP contribution in [0.3, 0.4) is 0 Å². The molecule has 1 aliphatic heterocycles. The molecule has 0 spiro atoms. The summed E-state index contributed by atoms with van der Waals surface area (Å²) in [6.45, 7) is 4.09. The van der Waals surface area contributed by atoms with Crippen LogP contribution in [-0.4, -0.2) is 47.1 Å². The molecule has 24 heavy (non-hydrogen) atoms. The molecule has 0 bridgehead atoms. The largest absolute Gasteiger partial charge is 0.477 e. The van der Waals surface area contributed by atoms with E-state index in [1.54, 1.807) is 4.90 Å². The quantitative estimate of drug-likeness (QED) is 0.863. The van der Waals surface area contributed by atoms with Crippen molar-refractivity contribution in [2.45, 2.75) is 19.4 Å². The molecule has 126 valence electrons. The SMILES string of the molecule is CCOc1cnc(C(=O)N2CCOC(c3ccccc3)CC2)cn1. The minimum atomic E-state index is -0.122. The zero-order chi connectivity index (χ0) is 16.8. The van der Waals surface area contributed by atoms with E-state index in [9.17, 15) is 4.79 Å². The van der Waals surface area contributed by atoms with E-state index in [1.165, 1.54) is 12.4 Å². The first-order valence-corrected chi connectivity index (χ1v) is 8.18. The summed E-state index contributed by atoms with van der Waals surface area (Å²) < 4.78 is 11.2. The molecule has 1 aromatic carbocycles. The lowest BCUT2D eigenvalue weighted by Crippen LogP contribution is -2.33. The van der Waals surface area contributed by atoms with Crippen molar-refractivity contribution < 1.29 is 14.3 Å². The van der Waals surface area contributed by atoms with Crippen molar-refractivity contribution in [1.82, 2.24) is 14.9 Å². The maximum absolute atomic E-state index is 12.6. The van der Waals surface area contributed by atoms with Crippen molar-refractivity contribution >= 4 is 5.91 Å². The van der Waals surface area contributed by atoms with E-state index >= 15 is 0 Å². The maximum atomic E-state index is 12.6. The highest BCUT2D eigenvalue weighted by molar-refractivity contribution is 5.92. The Bertz CT molecular complexity index is 661. The fraction of sp³-hybridized carbons (Fsp3) is 0.389. The Balaban J connectivity index is 1.64. The van der Waals surface area contributed by atoms with Gasteiger partial charge >= 0.3 is 0 Å². The smallest absolute Gasteiger partial charge is 0.274 e. The predicted octanol–water partition coefficient (Wildman–Crippen LogP) is 2.48. The van der Waals surface area contributed by atoms with Crippen LogP contribution < -0.4 is 4.74 Å². The molecule has 6 heteroatoms. The van der Waals surface area contributed by atoms with E-state index in [1.807, 2.05) is 25.1 Å². The standard InChI is InChI=1S/C18H21N3O3/c1-2-23-17-13-19-15(12-20-17)18(22)21-9-8-16(24-11-10-21)14-6-4-3-5-7-14/h3-7,12-13,16H,2,8-11H2,1H3. The number of hydrogen-bond acceptors (Lipinski definition) is 5. The fourth-order valence-electron chi connectivity index (χ4n) is 2.72. The van der Waals surface area contributed by atoms with Crippen molar-refractivity contribution in [3.63, 3.8) is 0 Å². The molecular weight excluding hydrogens is 306 g/mol. The molecule has 0 aliphatic carbocycles. The molecule has 0 N–H and O–H groups in total. The van der Waals surface area contributed by atoms with Gasteiger partial charge in [-0.15, -0.1) is 0 Å². The maximum Gasteiger partial charge on any atom is 0.274 e. The summed E-state index contributed by atoms with van der Waals surface area (Å²) in [5, 5.41) is 0. The van der Waals surface area contributed by atoms with Crippen LogP contribution in [0.25, 0.3) is 0 Å².